The average molecular weight is 188 g/mol. The summed E-state index contributed by atoms with van der Waals surface area (Å²) in [7, 11) is 0. The van der Waals surface area contributed by atoms with Crippen LogP contribution in [-0.2, 0) is 18.9 Å². The van der Waals surface area contributed by atoms with Crippen LogP contribution in [0.5, 0.6) is 0 Å². The summed E-state index contributed by atoms with van der Waals surface area (Å²) in [6, 6.07) is 0. The molecule has 2 aliphatic rings. The number of hydrogen-bond donors (Lipinski definition) is 0. The van der Waals surface area contributed by atoms with E-state index in [-0.39, 0.29) is 0 Å². The molecule has 2 aliphatic heterocycles. The Morgan fingerprint density at radius 3 is 1.77 bits per heavy atom. The summed E-state index contributed by atoms with van der Waals surface area (Å²) in [6.07, 6.45) is 1.71. The molecule has 0 aromatic rings. The van der Waals surface area contributed by atoms with Crippen LogP contribution in [0.4, 0.5) is 0 Å². The highest BCUT2D eigenvalue weighted by molar-refractivity contribution is 4.67. The third kappa shape index (κ3) is 4.57. The van der Waals surface area contributed by atoms with Crippen molar-refractivity contribution in [2.24, 2.45) is 0 Å². The first-order chi connectivity index (χ1) is 6.45. The zero-order chi connectivity index (χ0) is 8.93. The summed E-state index contributed by atoms with van der Waals surface area (Å²) in [6.45, 7) is 4.76. The minimum Gasteiger partial charge on any atom is -0.379 e. The fourth-order valence-corrected chi connectivity index (χ4v) is 1.02. The zero-order valence-electron chi connectivity index (χ0n) is 7.74. The third-order valence-electron chi connectivity index (χ3n) is 1.99. The van der Waals surface area contributed by atoms with Crippen LogP contribution in [-0.4, -0.2) is 51.8 Å². The quantitative estimate of drug-likeness (QED) is 0.403. The average Bonchev–Trinajstić information content (AvgIpc) is 2.99. The summed E-state index contributed by atoms with van der Waals surface area (Å²) >= 11 is 0. The smallest absolute Gasteiger partial charge is 0.104 e. The third-order valence-corrected chi connectivity index (χ3v) is 1.99. The van der Waals surface area contributed by atoms with Crippen LogP contribution >= 0.6 is 0 Å². The lowest BCUT2D eigenvalue weighted by molar-refractivity contribution is 0.0698. The highest BCUT2D eigenvalue weighted by Gasteiger charge is 2.22. The van der Waals surface area contributed by atoms with Gasteiger partial charge in [-0.15, -0.1) is 0 Å². The van der Waals surface area contributed by atoms with Crippen molar-refractivity contribution < 1.29 is 18.9 Å². The predicted octanol–water partition coefficient (Wildman–Crippen LogP) is 0.207. The summed E-state index contributed by atoms with van der Waals surface area (Å²) in [4.78, 5) is 0. The molecule has 2 atom stereocenters. The molecule has 4 heteroatoms. The number of hydrogen-bond acceptors (Lipinski definition) is 4. The van der Waals surface area contributed by atoms with Crippen molar-refractivity contribution in [1.29, 1.82) is 0 Å². The van der Waals surface area contributed by atoms with E-state index in [0.29, 0.717) is 12.2 Å². The largest absolute Gasteiger partial charge is 0.379 e. The van der Waals surface area contributed by atoms with E-state index >= 15 is 0 Å². The van der Waals surface area contributed by atoms with Crippen molar-refractivity contribution in [1.82, 2.24) is 0 Å². The molecule has 0 aliphatic carbocycles. The lowest BCUT2D eigenvalue weighted by atomic mass is 10.4. The fraction of sp³-hybridized carbons (Fsp3) is 1.00. The Morgan fingerprint density at radius 1 is 0.923 bits per heavy atom. The van der Waals surface area contributed by atoms with Gasteiger partial charge in [-0.2, -0.15) is 0 Å². The number of ether oxygens (including phenoxy) is 4. The molecule has 76 valence electrons. The van der Waals surface area contributed by atoms with Crippen LogP contribution in [0.25, 0.3) is 0 Å². The lowest BCUT2D eigenvalue weighted by Gasteiger charge is -2.02. The van der Waals surface area contributed by atoms with Gasteiger partial charge in [-0.1, -0.05) is 0 Å². The summed E-state index contributed by atoms with van der Waals surface area (Å²) in [5, 5.41) is 0. The molecule has 13 heavy (non-hydrogen) atoms. The second kappa shape index (κ2) is 4.91. The Bertz CT molecular complexity index is 127. The van der Waals surface area contributed by atoms with E-state index in [1.54, 1.807) is 0 Å². The molecular weight excluding hydrogens is 172 g/mol. The van der Waals surface area contributed by atoms with Gasteiger partial charge in [0.1, 0.15) is 12.2 Å². The molecule has 0 saturated carbocycles. The second-order valence-electron chi connectivity index (χ2n) is 3.41. The second-order valence-corrected chi connectivity index (χ2v) is 3.41. The van der Waals surface area contributed by atoms with Gasteiger partial charge >= 0.3 is 0 Å². The lowest BCUT2D eigenvalue weighted by Crippen LogP contribution is -2.07. The van der Waals surface area contributed by atoms with E-state index in [1.165, 1.54) is 0 Å². The summed E-state index contributed by atoms with van der Waals surface area (Å²) in [5.41, 5.74) is 0. The monoisotopic (exact) mass is 188 g/mol. The first-order valence-corrected chi connectivity index (χ1v) is 4.84. The van der Waals surface area contributed by atoms with Gasteiger partial charge in [0.25, 0.3) is 0 Å². The van der Waals surface area contributed by atoms with Crippen LogP contribution in [0.1, 0.15) is 6.42 Å². The Kier molecular flexibility index (Phi) is 3.55. The van der Waals surface area contributed by atoms with Crippen molar-refractivity contribution in [3.63, 3.8) is 0 Å². The molecule has 0 amide bonds. The highest BCUT2D eigenvalue weighted by atomic mass is 16.6. The van der Waals surface area contributed by atoms with E-state index in [1.807, 2.05) is 0 Å². The van der Waals surface area contributed by atoms with Crippen LogP contribution in [0.15, 0.2) is 0 Å². The standard InChI is InChI=1S/C9H16O4/c1(2-10-4-8-6-12-8)3-11-5-9-7-13-9/h8-9H,1-7H2/t8-,9+. The topological polar surface area (TPSA) is 43.5 Å². The van der Waals surface area contributed by atoms with Gasteiger partial charge in [0, 0.05) is 13.2 Å². The predicted molar refractivity (Wildman–Crippen MR) is 45.7 cm³/mol. The van der Waals surface area contributed by atoms with Gasteiger partial charge in [0.2, 0.25) is 0 Å². The van der Waals surface area contributed by atoms with Gasteiger partial charge < -0.3 is 18.9 Å². The maximum absolute atomic E-state index is 5.34. The fourth-order valence-electron chi connectivity index (χ4n) is 1.02. The molecule has 0 radical (unpaired) electrons. The van der Waals surface area contributed by atoms with Gasteiger partial charge in [0.15, 0.2) is 0 Å². The molecular formula is C9H16O4. The minimum absolute atomic E-state index is 0.376. The molecule has 4 nitrogen and oxygen atoms in total. The Morgan fingerprint density at radius 2 is 1.38 bits per heavy atom. The van der Waals surface area contributed by atoms with E-state index in [9.17, 15) is 0 Å². The summed E-state index contributed by atoms with van der Waals surface area (Å²) < 4.78 is 20.7. The van der Waals surface area contributed by atoms with Crippen molar-refractivity contribution in [2.45, 2.75) is 18.6 Å². The van der Waals surface area contributed by atoms with Crippen LogP contribution in [0.3, 0.4) is 0 Å². The molecule has 0 bridgehead atoms. The van der Waals surface area contributed by atoms with Crippen LogP contribution in [0.2, 0.25) is 0 Å². The Hall–Kier alpha value is -0.160. The minimum atomic E-state index is 0.376. The first-order valence-electron chi connectivity index (χ1n) is 4.84. The van der Waals surface area contributed by atoms with Gasteiger partial charge in [-0.05, 0) is 6.42 Å². The van der Waals surface area contributed by atoms with E-state index in [4.69, 9.17) is 18.9 Å². The molecule has 0 aromatic heterocycles. The van der Waals surface area contributed by atoms with Crippen molar-refractivity contribution in [2.75, 3.05) is 39.6 Å². The maximum Gasteiger partial charge on any atom is 0.104 e. The molecule has 0 aromatic carbocycles. The van der Waals surface area contributed by atoms with Gasteiger partial charge in [0.05, 0.1) is 26.4 Å². The zero-order valence-corrected chi connectivity index (χ0v) is 7.74. The number of rotatable bonds is 8. The molecule has 2 fully saturated rings. The van der Waals surface area contributed by atoms with Crippen LogP contribution < -0.4 is 0 Å². The van der Waals surface area contributed by atoms with Crippen molar-refractivity contribution >= 4 is 0 Å². The van der Waals surface area contributed by atoms with E-state index in [2.05, 4.69) is 0 Å². The summed E-state index contributed by atoms with van der Waals surface area (Å²) in [5.74, 6) is 0. The Labute approximate surface area is 78.1 Å². The van der Waals surface area contributed by atoms with E-state index < -0.39 is 0 Å². The van der Waals surface area contributed by atoms with Gasteiger partial charge in [-0.3, -0.25) is 0 Å². The Balaban J connectivity index is 1.28. The molecule has 2 saturated heterocycles. The SMILES string of the molecule is C(COC[C@@H]1CO1)COC[C@H]1CO1. The maximum atomic E-state index is 5.34. The van der Waals surface area contributed by atoms with Crippen molar-refractivity contribution in [3.8, 4) is 0 Å². The molecule has 2 heterocycles. The first kappa shape index (κ1) is 9.40. The molecule has 0 unspecified atom stereocenters. The van der Waals surface area contributed by atoms with E-state index in [0.717, 1.165) is 46.1 Å². The number of epoxide rings is 2. The molecule has 2 rings (SSSR count). The van der Waals surface area contributed by atoms with Gasteiger partial charge in [-0.25, -0.2) is 0 Å². The van der Waals surface area contributed by atoms with Crippen molar-refractivity contribution in [3.05, 3.63) is 0 Å². The normalized spacial score (nSPS) is 30.5. The highest BCUT2D eigenvalue weighted by Crippen LogP contribution is 2.09. The molecule has 0 N–H and O–H groups in total. The molecule has 0 spiro atoms. The van der Waals surface area contributed by atoms with Crippen LogP contribution in [0, 0.1) is 0 Å².